The van der Waals surface area contributed by atoms with E-state index in [1.807, 2.05) is 30.7 Å². The SMILES string of the molecule is CN1C=CN(C2(c3ccc(C4(c5ccn[nH]5)c5ccccc5-c5cccnc54)cc3)c3ccccc3-c3cccnc32)C1. The average Bonchev–Trinajstić information content (AvgIpc) is 3.86. The quantitative estimate of drug-likeness (QED) is 0.268. The standard InChI is InChI=1S/C37H28N6/c1-42-22-23-43(24-42)37(32-13-5-3-9-28(32)30-11-7-20-39-35(30)37)26-16-14-25(15-17-26)36(33-18-21-40-41-33)31-12-4-2-8-27(31)29-10-6-19-38-34(29)36/h2-23H,24H2,1H3,(H,40,41). The van der Waals surface area contributed by atoms with Gasteiger partial charge in [-0.15, -0.1) is 0 Å². The molecule has 9 rings (SSSR count). The predicted octanol–water partition coefficient (Wildman–Crippen LogP) is 6.51. The Hall–Kier alpha value is -5.49. The number of aromatic nitrogens is 4. The van der Waals surface area contributed by atoms with Crippen molar-refractivity contribution in [2.24, 2.45) is 0 Å². The molecule has 6 heteroatoms. The third-order valence-corrected chi connectivity index (χ3v) is 9.49. The number of nitrogens with zero attached hydrogens (tertiary/aromatic N) is 5. The maximum atomic E-state index is 5.07. The van der Waals surface area contributed by atoms with Gasteiger partial charge in [0, 0.05) is 49.2 Å². The number of hydrogen-bond donors (Lipinski definition) is 1. The summed E-state index contributed by atoms with van der Waals surface area (Å²) in [6.45, 7) is 0.759. The van der Waals surface area contributed by atoms with Crippen molar-refractivity contribution < 1.29 is 0 Å². The van der Waals surface area contributed by atoms with Crippen LogP contribution in [-0.4, -0.2) is 43.7 Å². The monoisotopic (exact) mass is 556 g/mol. The molecule has 2 atom stereocenters. The van der Waals surface area contributed by atoms with Crippen LogP contribution in [0, 0.1) is 0 Å². The summed E-state index contributed by atoms with van der Waals surface area (Å²) in [6.07, 6.45) is 9.99. The molecule has 0 saturated carbocycles. The Morgan fingerprint density at radius 3 is 1.93 bits per heavy atom. The van der Waals surface area contributed by atoms with E-state index < -0.39 is 11.0 Å². The van der Waals surface area contributed by atoms with Gasteiger partial charge in [-0.05, 0) is 51.6 Å². The fourth-order valence-electron chi connectivity index (χ4n) is 7.81. The first-order valence-electron chi connectivity index (χ1n) is 14.6. The lowest BCUT2D eigenvalue weighted by Gasteiger charge is -2.41. The van der Waals surface area contributed by atoms with Gasteiger partial charge >= 0.3 is 0 Å². The smallest absolute Gasteiger partial charge is 0.136 e. The van der Waals surface area contributed by atoms with E-state index >= 15 is 0 Å². The summed E-state index contributed by atoms with van der Waals surface area (Å²) in [5, 5.41) is 7.73. The Labute approximate surface area is 250 Å². The number of H-pyrrole nitrogens is 1. The summed E-state index contributed by atoms with van der Waals surface area (Å²) in [5.74, 6) is 0. The molecule has 2 aliphatic carbocycles. The fraction of sp³-hybridized carbons (Fsp3) is 0.108. The molecule has 1 aliphatic heterocycles. The highest BCUT2D eigenvalue weighted by Crippen LogP contribution is 2.57. The highest BCUT2D eigenvalue weighted by Gasteiger charge is 2.52. The largest absolute Gasteiger partial charge is 0.362 e. The number of aromatic amines is 1. The maximum Gasteiger partial charge on any atom is 0.136 e. The Morgan fingerprint density at radius 2 is 1.23 bits per heavy atom. The van der Waals surface area contributed by atoms with Gasteiger partial charge in [-0.25, -0.2) is 0 Å². The second-order valence-corrected chi connectivity index (χ2v) is 11.6. The highest BCUT2D eigenvalue weighted by molar-refractivity contribution is 5.85. The summed E-state index contributed by atoms with van der Waals surface area (Å²) in [6, 6.07) is 37.1. The number of benzene rings is 3. The second-order valence-electron chi connectivity index (χ2n) is 11.6. The van der Waals surface area contributed by atoms with Crippen molar-refractivity contribution in [2.75, 3.05) is 13.7 Å². The van der Waals surface area contributed by atoms with E-state index in [1.54, 1.807) is 0 Å². The van der Waals surface area contributed by atoms with Crippen LogP contribution in [-0.2, 0) is 11.0 Å². The molecule has 206 valence electrons. The predicted molar refractivity (Wildman–Crippen MR) is 167 cm³/mol. The van der Waals surface area contributed by atoms with Gasteiger partial charge in [0.1, 0.15) is 11.0 Å². The van der Waals surface area contributed by atoms with Crippen molar-refractivity contribution >= 4 is 0 Å². The van der Waals surface area contributed by atoms with Crippen molar-refractivity contribution in [3.63, 3.8) is 0 Å². The van der Waals surface area contributed by atoms with Crippen molar-refractivity contribution in [3.05, 3.63) is 173 Å². The Kier molecular flexibility index (Phi) is 4.92. The second kappa shape index (κ2) is 8.76. The molecule has 3 aromatic heterocycles. The Balaban J connectivity index is 1.31. The van der Waals surface area contributed by atoms with E-state index in [2.05, 4.69) is 130 Å². The number of fused-ring (bicyclic) bond motifs is 6. The third kappa shape index (κ3) is 2.99. The lowest BCUT2D eigenvalue weighted by molar-refractivity contribution is 0.194. The van der Waals surface area contributed by atoms with Gasteiger partial charge in [-0.3, -0.25) is 15.1 Å². The minimum absolute atomic E-state index is 0.572. The molecule has 2 unspecified atom stereocenters. The van der Waals surface area contributed by atoms with E-state index in [0.29, 0.717) is 0 Å². The van der Waals surface area contributed by atoms with E-state index in [9.17, 15) is 0 Å². The zero-order valence-electron chi connectivity index (χ0n) is 23.6. The van der Waals surface area contributed by atoms with E-state index in [-0.39, 0.29) is 0 Å². The molecule has 1 N–H and O–H groups in total. The van der Waals surface area contributed by atoms with Gasteiger partial charge in [0.05, 0.1) is 23.8 Å². The molecular formula is C37H28N6. The average molecular weight is 557 g/mol. The van der Waals surface area contributed by atoms with Crippen LogP contribution in [0.5, 0.6) is 0 Å². The number of nitrogens with one attached hydrogen (secondary N) is 1. The van der Waals surface area contributed by atoms with Gasteiger partial charge in [-0.1, -0.05) is 84.9 Å². The van der Waals surface area contributed by atoms with Crippen LogP contribution >= 0.6 is 0 Å². The Morgan fingerprint density at radius 1 is 0.605 bits per heavy atom. The van der Waals surface area contributed by atoms with E-state index in [1.165, 1.54) is 33.4 Å². The molecule has 0 bridgehead atoms. The molecule has 0 spiro atoms. The molecule has 4 heterocycles. The zero-order valence-corrected chi connectivity index (χ0v) is 23.6. The van der Waals surface area contributed by atoms with Crippen molar-refractivity contribution in [1.82, 2.24) is 30.0 Å². The summed E-state index contributed by atoms with van der Waals surface area (Å²) >= 11 is 0. The normalized spacial score (nSPS) is 21.0. The number of hydrogen-bond acceptors (Lipinski definition) is 5. The lowest BCUT2D eigenvalue weighted by Crippen LogP contribution is -2.45. The first kappa shape index (κ1) is 24.1. The first-order valence-corrected chi connectivity index (χ1v) is 14.6. The van der Waals surface area contributed by atoms with Crippen molar-refractivity contribution in [2.45, 2.75) is 11.0 Å². The van der Waals surface area contributed by atoms with Crippen LogP contribution in [0.1, 0.15) is 39.3 Å². The molecule has 3 aliphatic rings. The van der Waals surface area contributed by atoms with Gasteiger partial charge in [0.15, 0.2) is 0 Å². The van der Waals surface area contributed by atoms with E-state index in [0.717, 1.165) is 34.9 Å². The molecule has 0 amide bonds. The van der Waals surface area contributed by atoms with Crippen LogP contribution in [0.3, 0.4) is 0 Å². The van der Waals surface area contributed by atoms with Gasteiger partial charge in [0.25, 0.3) is 0 Å². The molecule has 3 aromatic carbocycles. The molecule has 0 saturated heterocycles. The topological polar surface area (TPSA) is 60.9 Å². The summed E-state index contributed by atoms with van der Waals surface area (Å²) < 4.78 is 0. The minimum atomic E-state index is -0.618. The third-order valence-electron chi connectivity index (χ3n) is 9.49. The van der Waals surface area contributed by atoms with Gasteiger partial charge < -0.3 is 9.80 Å². The van der Waals surface area contributed by atoms with Crippen LogP contribution in [0.2, 0.25) is 0 Å². The zero-order chi connectivity index (χ0) is 28.6. The highest BCUT2D eigenvalue weighted by atomic mass is 15.4. The summed E-state index contributed by atoms with van der Waals surface area (Å²) in [5.41, 5.74) is 11.4. The molecular weight excluding hydrogens is 528 g/mol. The summed E-state index contributed by atoms with van der Waals surface area (Å²) in [4.78, 5) is 14.7. The molecule has 0 fully saturated rings. The van der Waals surface area contributed by atoms with Crippen LogP contribution in [0.15, 0.2) is 134 Å². The molecule has 6 nitrogen and oxygen atoms in total. The van der Waals surface area contributed by atoms with Gasteiger partial charge in [-0.2, -0.15) is 5.10 Å². The Bertz CT molecular complexity index is 1950. The molecule has 0 radical (unpaired) electrons. The minimum Gasteiger partial charge on any atom is -0.362 e. The molecule has 43 heavy (non-hydrogen) atoms. The molecule has 6 aromatic rings. The summed E-state index contributed by atoms with van der Waals surface area (Å²) in [7, 11) is 2.11. The van der Waals surface area contributed by atoms with Crippen molar-refractivity contribution in [3.8, 4) is 22.3 Å². The van der Waals surface area contributed by atoms with Crippen LogP contribution in [0.25, 0.3) is 22.3 Å². The number of pyridine rings is 2. The maximum absolute atomic E-state index is 5.07. The van der Waals surface area contributed by atoms with E-state index in [4.69, 9.17) is 9.97 Å². The van der Waals surface area contributed by atoms with Gasteiger partial charge in [0.2, 0.25) is 0 Å². The van der Waals surface area contributed by atoms with Crippen molar-refractivity contribution in [1.29, 1.82) is 0 Å². The lowest BCUT2D eigenvalue weighted by atomic mass is 9.71. The fourth-order valence-corrected chi connectivity index (χ4v) is 7.81. The number of rotatable bonds is 4. The van der Waals surface area contributed by atoms with Crippen LogP contribution < -0.4 is 0 Å². The van der Waals surface area contributed by atoms with Crippen LogP contribution in [0.4, 0.5) is 0 Å². The first-order chi connectivity index (χ1) is 21.2.